The normalized spacial score (nSPS) is 21.1. The van der Waals surface area contributed by atoms with E-state index in [0.717, 1.165) is 70.0 Å². The molecule has 1 saturated carbocycles. The van der Waals surface area contributed by atoms with Gasteiger partial charge in [0.15, 0.2) is 0 Å². The van der Waals surface area contributed by atoms with Crippen molar-refractivity contribution in [2.45, 2.75) is 57.4 Å². The first-order chi connectivity index (χ1) is 18.1. The Hall–Kier alpha value is -3.29. The maximum atomic E-state index is 13.5. The largest absolute Gasteiger partial charge is 0.481 e. The lowest BCUT2D eigenvalue weighted by molar-refractivity contribution is -0.138. The number of nitrogens with one attached hydrogen (secondary N) is 1. The van der Waals surface area contributed by atoms with E-state index < -0.39 is 5.97 Å². The van der Waals surface area contributed by atoms with Crippen LogP contribution in [0, 0.1) is 5.92 Å². The van der Waals surface area contributed by atoms with E-state index in [1.165, 1.54) is 24.9 Å². The van der Waals surface area contributed by atoms with Crippen LogP contribution in [-0.2, 0) is 4.79 Å². The molecule has 0 bridgehead atoms. The molecule has 1 unspecified atom stereocenters. The number of carboxylic acid groups (broad SMARTS) is 1. The number of carbonyl (C=O) groups is 2. The summed E-state index contributed by atoms with van der Waals surface area (Å²) < 4.78 is 0. The number of para-hydroxylation sites is 1. The van der Waals surface area contributed by atoms with Crippen LogP contribution < -0.4 is 20.0 Å². The molecule has 2 N–H and O–H groups in total. The van der Waals surface area contributed by atoms with E-state index >= 15 is 0 Å². The number of benzene rings is 1. The van der Waals surface area contributed by atoms with Crippen molar-refractivity contribution in [3.8, 4) is 0 Å². The molecule has 37 heavy (non-hydrogen) atoms. The van der Waals surface area contributed by atoms with Gasteiger partial charge in [-0.05, 0) is 55.9 Å². The van der Waals surface area contributed by atoms with Gasteiger partial charge in [0, 0.05) is 57.4 Å². The fourth-order valence-electron chi connectivity index (χ4n) is 6.04. The topological polar surface area (TPSA) is 89.0 Å². The average molecular weight is 506 g/mol. The number of hydrogen-bond acceptors (Lipinski definition) is 6. The van der Waals surface area contributed by atoms with Crippen LogP contribution in [-0.4, -0.2) is 67.3 Å². The van der Waals surface area contributed by atoms with Crippen molar-refractivity contribution < 1.29 is 14.7 Å². The standard InChI is InChI=1S/C29H39N5O3/c35-27(36)20-22-8-7-15-34(21-22)26-14-13-25(29(37)30-23-9-3-1-4-10-23)28(31-26)33-18-16-32(17-19-33)24-11-5-2-6-12-24/h2,5-6,11-14,22-23H,1,3-4,7-10,15-21H2,(H,30,37)(H,35,36). The fourth-order valence-corrected chi connectivity index (χ4v) is 6.04. The highest BCUT2D eigenvalue weighted by Gasteiger charge is 2.28. The highest BCUT2D eigenvalue weighted by Crippen LogP contribution is 2.29. The Bertz CT molecular complexity index is 1060. The number of aliphatic carboxylic acids is 1. The number of aromatic nitrogens is 1. The molecule has 1 aliphatic carbocycles. The summed E-state index contributed by atoms with van der Waals surface area (Å²) in [6, 6.07) is 14.6. The Balaban J connectivity index is 1.36. The van der Waals surface area contributed by atoms with Crippen LogP contribution in [0.3, 0.4) is 0 Å². The highest BCUT2D eigenvalue weighted by molar-refractivity contribution is 5.99. The van der Waals surface area contributed by atoms with E-state index in [1.54, 1.807) is 0 Å². The third-order valence-corrected chi connectivity index (χ3v) is 8.05. The summed E-state index contributed by atoms with van der Waals surface area (Å²) in [4.78, 5) is 36.6. The van der Waals surface area contributed by atoms with Gasteiger partial charge in [-0.15, -0.1) is 0 Å². The number of rotatable bonds is 7. The minimum absolute atomic E-state index is 0.0335. The lowest BCUT2D eigenvalue weighted by Gasteiger charge is -2.38. The molecule has 1 aromatic heterocycles. The van der Waals surface area contributed by atoms with Gasteiger partial charge in [-0.2, -0.15) is 0 Å². The molecule has 1 aromatic carbocycles. The first kappa shape index (κ1) is 25.4. The molecule has 2 aromatic rings. The predicted molar refractivity (Wildman–Crippen MR) is 147 cm³/mol. The molecule has 3 fully saturated rings. The Morgan fingerprint density at radius 2 is 1.57 bits per heavy atom. The molecule has 1 atom stereocenters. The monoisotopic (exact) mass is 505 g/mol. The number of pyridine rings is 1. The number of piperidine rings is 1. The SMILES string of the molecule is O=C(O)CC1CCCN(c2ccc(C(=O)NC3CCCCC3)c(N3CCN(c4ccccc4)CC3)n2)C1. The van der Waals surface area contributed by atoms with Gasteiger partial charge in [0.2, 0.25) is 0 Å². The Morgan fingerprint density at radius 3 is 2.30 bits per heavy atom. The molecule has 3 heterocycles. The molecule has 198 valence electrons. The van der Waals surface area contributed by atoms with Crippen LogP contribution in [0.15, 0.2) is 42.5 Å². The molecular formula is C29H39N5O3. The fraction of sp³-hybridized carbons (Fsp3) is 0.552. The van der Waals surface area contributed by atoms with Gasteiger partial charge < -0.3 is 25.1 Å². The van der Waals surface area contributed by atoms with E-state index in [1.807, 2.05) is 18.2 Å². The third kappa shape index (κ3) is 6.35. The summed E-state index contributed by atoms with van der Waals surface area (Å²) in [5, 5.41) is 12.6. The summed E-state index contributed by atoms with van der Waals surface area (Å²) in [7, 11) is 0. The maximum Gasteiger partial charge on any atom is 0.303 e. The van der Waals surface area contributed by atoms with Gasteiger partial charge in [0.05, 0.1) is 5.56 Å². The zero-order valence-electron chi connectivity index (χ0n) is 21.6. The quantitative estimate of drug-likeness (QED) is 0.584. The van der Waals surface area contributed by atoms with E-state index in [9.17, 15) is 14.7 Å². The zero-order valence-corrected chi connectivity index (χ0v) is 21.6. The maximum absolute atomic E-state index is 13.5. The first-order valence-corrected chi connectivity index (χ1v) is 13.9. The van der Waals surface area contributed by atoms with Crippen molar-refractivity contribution in [2.24, 2.45) is 5.92 Å². The van der Waals surface area contributed by atoms with Crippen molar-refractivity contribution >= 4 is 29.2 Å². The van der Waals surface area contributed by atoms with Gasteiger partial charge >= 0.3 is 5.97 Å². The van der Waals surface area contributed by atoms with Gasteiger partial charge in [-0.25, -0.2) is 4.98 Å². The predicted octanol–water partition coefficient (Wildman–Crippen LogP) is 4.16. The number of piperazine rings is 1. The van der Waals surface area contributed by atoms with Crippen molar-refractivity contribution in [3.63, 3.8) is 0 Å². The van der Waals surface area contributed by atoms with Gasteiger partial charge in [0.25, 0.3) is 5.91 Å². The lowest BCUT2D eigenvalue weighted by atomic mass is 9.95. The Labute approximate surface area is 219 Å². The number of amides is 1. The van der Waals surface area contributed by atoms with Gasteiger partial charge in [-0.1, -0.05) is 37.5 Å². The van der Waals surface area contributed by atoms with Crippen molar-refractivity contribution in [1.29, 1.82) is 0 Å². The van der Waals surface area contributed by atoms with Crippen LogP contribution in [0.2, 0.25) is 0 Å². The van der Waals surface area contributed by atoms with Gasteiger partial charge in [-0.3, -0.25) is 9.59 Å². The number of nitrogens with zero attached hydrogens (tertiary/aromatic N) is 4. The third-order valence-electron chi connectivity index (χ3n) is 8.05. The first-order valence-electron chi connectivity index (χ1n) is 13.9. The van der Waals surface area contributed by atoms with E-state index in [0.29, 0.717) is 12.1 Å². The Morgan fingerprint density at radius 1 is 0.838 bits per heavy atom. The van der Waals surface area contributed by atoms with Crippen LogP contribution in [0.4, 0.5) is 17.3 Å². The molecule has 8 nitrogen and oxygen atoms in total. The number of carboxylic acids is 1. The molecule has 2 saturated heterocycles. The minimum atomic E-state index is -0.744. The molecule has 5 rings (SSSR count). The van der Waals surface area contributed by atoms with Crippen molar-refractivity contribution in [3.05, 3.63) is 48.0 Å². The molecule has 8 heteroatoms. The summed E-state index contributed by atoms with van der Waals surface area (Å²) in [6.45, 7) is 4.85. The van der Waals surface area contributed by atoms with E-state index in [-0.39, 0.29) is 24.3 Å². The van der Waals surface area contributed by atoms with Crippen LogP contribution in [0.1, 0.15) is 61.7 Å². The van der Waals surface area contributed by atoms with Crippen molar-refractivity contribution in [1.82, 2.24) is 10.3 Å². The summed E-state index contributed by atoms with van der Waals surface area (Å²) in [5.74, 6) is 0.934. The van der Waals surface area contributed by atoms with Crippen LogP contribution >= 0.6 is 0 Å². The summed E-state index contributed by atoms with van der Waals surface area (Å²) in [5.41, 5.74) is 1.86. The molecular weight excluding hydrogens is 466 g/mol. The molecule has 1 amide bonds. The lowest BCUT2D eigenvalue weighted by Crippen LogP contribution is -2.48. The second-order valence-electron chi connectivity index (χ2n) is 10.7. The Kier molecular flexibility index (Phi) is 8.12. The van der Waals surface area contributed by atoms with Gasteiger partial charge in [0.1, 0.15) is 11.6 Å². The second-order valence-corrected chi connectivity index (χ2v) is 10.7. The summed E-state index contributed by atoms with van der Waals surface area (Å²) >= 11 is 0. The molecule has 0 radical (unpaired) electrons. The van der Waals surface area contributed by atoms with Crippen LogP contribution in [0.25, 0.3) is 0 Å². The van der Waals surface area contributed by atoms with E-state index in [4.69, 9.17) is 4.98 Å². The highest BCUT2D eigenvalue weighted by atomic mass is 16.4. The second kappa shape index (κ2) is 11.8. The van der Waals surface area contributed by atoms with Crippen molar-refractivity contribution in [2.75, 3.05) is 54.0 Å². The molecule has 3 aliphatic rings. The minimum Gasteiger partial charge on any atom is -0.481 e. The smallest absolute Gasteiger partial charge is 0.303 e. The van der Waals surface area contributed by atoms with E-state index in [2.05, 4.69) is 44.3 Å². The molecule has 0 spiro atoms. The molecule has 2 aliphatic heterocycles. The number of carbonyl (C=O) groups excluding carboxylic acids is 1. The number of hydrogen-bond donors (Lipinski definition) is 2. The summed E-state index contributed by atoms with van der Waals surface area (Å²) in [6.07, 6.45) is 7.74. The number of anilines is 3. The average Bonchev–Trinajstić information content (AvgIpc) is 2.94. The van der Waals surface area contributed by atoms with Crippen LogP contribution in [0.5, 0.6) is 0 Å². The zero-order chi connectivity index (χ0) is 25.6.